The first-order valence-corrected chi connectivity index (χ1v) is 6.50. The predicted molar refractivity (Wildman–Crippen MR) is 79.4 cm³/mol. The van der Waals surface area contributed by atoms with Gasteiger partial charge in [0.15, 0.2) is 0 Å². The number of methoxy groups -OCH3 is 1. The summed E-state index contributed by atoms with van der Waals surface area (Å²) < 4.78 is 6.92. The van der Waals surface area contributed by atoms with Crippen molar-refractivity contribution < 1.29 is 14.6 Å². The number of benzene rings is 2. The number of ether oxygens (including phenoxy) is 1. The summed E-state index contributed by atoms with van der Waals surface area (Å²) in [4.78, 5) is 15.7. The highest BCUT2D eigenvalue weighted by Gasteiger charge is 2.14. The van der Waals surface area contributed by atoms with Crippen LogP contribution < -0.4 is 4.74 Å². The van der Waals surface area contributed by atoms with Crippen molar-refractivity contribution >= 4 is 17.0 Å². The Balaban J connectivity index is 2.22. The number of fused-ring (bicyclic) bond motifs is 1. The molecule has 0 unspecified atom stereocenters. The number of hydrogen-bond donors (Lipinski definition) is 1. The first kappa shape index (κ1) is 13.2. The molecule has 2 aromatic carbocycles. The first-order valence-electron chi connectivity index (χ1n) is 6.50. The van der Waals surface area contributed by atoms with E-state index in [9.17, 15) is 4.79 Å². The third kappa shape index (κ3) is 2.45. The molecule has 0 aliphatic rings. The molecule has 0 atom stereocenters. The van der Waals surface area contributed by atoms with Gasteiger partial charge in [-0.15, -0.1) is 0 Å². The van der Waals surface area contributed by atoms with Gasteiger partial charge in [-0.25, -0.2) is 4.98 Å². The van der Waals surface area contributed by atoms with Crippen molar-refractivity contribution in [3.05, 3.63) is 48.5 Å². The number of carboxylic acid groups (broad SMARTS) is 1. The second-order valence-corrected chi connectivity index (χ2v) is 4.64. The average Bonchev–Trinajstić information content (AvgIpc) is 2.86. The van der Waals surface area contributed by atoms with Crippen molar-refractivity contribution in [2.24, 2.45) is 0 Å². The number of para-hydroxylation sites is 2. The largest absolute Gasteiger partial charge is 0.497 e. The van der Waals surface area contributed by atoms with E-state index in [0.29, 0.717) is 11.6 Å². The van der Waals surface area contributed by atoms with Crippen LogP contribution in [0, 0.1) is 0 Å². The van der Waals surface area contributed by atoms with Crippen LogP contribution in [0.3, 0.4) is 0 Å². The van der Waals surface area contributed by atoms with Crippen molar-refractivity contribution in [3.8, 4) is 17.1 Å². The van der Waals surface area contributed by atoms with Gasteiger partial charge in [-0.3, -0.25) is 4.79 Å². The van der Waals surface area contributed by atoms with E-state index in [1.165, 1.54) is 0 Å². The third-order valence-corrected chi connectivity index (χ3v) is 3.28. The second-order valence-electron chi connectivity index (χ2n) is 4.64. The zero-order chi connectivity index (χ0) is 14.8. The van der Waals surface area contributed by atoms with Crippen molar-refractivity contribution in [2.75, 3.05) is 7.11 Å². The topological polar surface area (TPSA) is 64.4 Å². The minimum absolute atomic E-state index is 0.132. The zero-order valence-electron chi connectivity index (χ0n) is 11.5. The molecule has 3 rings (SSSR count). The van der Waals surface area contributed by atoms with Gasteiger partial charge in [0.25, 0.3) is 0 Å². The summed E-state index contributed by atoms with van der Waals surface area (Å²) in [6.45, 7) is -0.132. The van der Waals surface area contributed by atoms with Crippen LogP contribution in [0.1, 0.15) is 0 Å². The van der Waals surface area contributed by atoms with Crippen LogP contribution in [-0.2, 0) is 11.3 Å². The SMILES string of the molecule is COc1cccc(-c2nc3ccccc3n2CC(=O)O)c1. The molecule has 1 N–H and O–H groups in total. The molecule has 0 bridgehead atoms. The van der Waals surface area contributed by atoms with Crippen molar-refractivity contribution in [1.29, 1.82) is 0 Å². The predicted octanol–water partition coefficient (Wildman–Crippen LogP) is 2.80. The third-order valence-electron chi connectivity index (χ3n) is 3.28. The van der Waals surface area contributed by atoms with Gasteiger partial charge in [-0.2, -0.15) is 0 Å². The molecular formula is C16H14N2O3. The maximum absolute atomic E-state index is 11.1. The quantitative estimate of drug-likeness (QED) is 0.799. The molecule has 0 saturated carbocycles. The Bertz CT molecular complexity index is 808. The average molecular weight is 282 g/mol. The molecule has 0 saturated heterocycles. The Morgan fingerprint density at radius 3 is 2.81 bits per heavy atom. The van der Waals surface area contributed by atoms with E-state index in [4.69, 9.17) is 9.84 Å². The molecule has 0 radical (unpaired) electrons. The Morgan fingerprint density at radius 1 is 1.24 bits per heavy atom. The second kappa shape index (κ2) is 5.28. The highest BCUT2D eigenvalue weighted by atomic mass is 16.5. The molecular weight excluding hydrogens is 268 g/mol. The van der Waals surface area contributed by atoms with E-state index in [1.807, 2.05) is 48.5 Å². The lowest BCUT2D eigenvalue weighted by Gasteiger charge is -2.07. The summed E-state index contributed by atoms with van der Waals surface area (Å²) in [5.74, 6) is 0.432. The maximum Gasteiger partial charge on any atom is 0.323 e. The van der Waals surface area contributed by atoms with E-state index in [1.54, 1.807) is 11.7 Å². The number of rotatable bonds is 4. The van der Waals surface area contributed by atoms with Crippen LogP contribution in [0.15, 0.2) is 48.5 Å². The smallest absolute Gasteiger partial charge is 0.323 e. The van der Waals surface area contributed by atoms with Gasteiger partial charge < -0.3 is 14.4 Å². The van der Waals surface area contributed by atoms with Gasteiger partial charge in [-0.05, 0) is 24.3 Å². The van der Waals surface area contributed by atoms with Gasteiger partial charge in [0, 0.05) is 5.56 Å². The molecule has 0 aliphatic carbocycles. The molecule has 5 nitrogen and oxygen atoms in total. The van der Waals surface area contributed by atoms with E-state index in [2.05, 4.69) is 4.98 Å². The number of imidazole rings is 1. The monoisotopic (exact) mass is 282 g/mol. The van der Waals surface area contributed by atoms with Crippen LogP contribution in [0.25, 0.3) is 22.4 Å². The zero-order valence-corrected chi connectivity index (χ0v) is 11.5. The lowest BCUT2D eigenvalue weighted by molar-refractivity contribution is -0.137. The summed E-state index contributed by atoms with van der Waals surface area (Å²) in [6, 6.07) is 14.9. The van der Waals surface area contributed by atoms with Crippen LogP contribution in [0.4, 0.5) is 0 Å². The highest BCUT2D eigenvalue weighted by Crippen LogP contribution is 2.27. The summed E-state index contributed by atoms with van der Waals surface area (Å²) in [5, 5.41) is 9.14. The molecule has 5 heteroatoms. The first-order chi connectivity index (χ1) is 10.2. The van der Waals surface area contributed by atoms with Gasteiger partial charge in [-0.1, -0.05) is 24.3 Å². The Hall–Kier alpha value is -2.82. The molecule has 106 valence electrons. The number of aliphatic carboxylic acids is 1. The van der Waals surface area contributed by atoms with E-state index in [0.717, 1.165) is 16.6 Å². The molecule has 3 aromatic rings. The number of carboxylic acids is 1. The van der Waals surface area contributed by atoms with Crippen LogP contribution in [0.5, 0.6) is 5.75 Å². The summed E-state index contributed by atoms with van der Waals surface area (Å²) in [5.41, 5.74) is 2.40. The standard InChI is InChI=1S/C16H14N2O3/c1-21-12-6-4-5-11(9-12)16-17-13-7-2-3-8-14(13)18(16)10-15(19)20/h2-9H,10H2,1H3,(H,19,20). The fraction of sp³-hybridized carbons (Fsp3) is 0.125. The van der Waals surface area contributed by atoms with Gasteiger partial charge >= 0.3 is 5.97 Å². The van der Waals surface area contributed by atoms with Crippen LogP contribution in [-0.4, -0.2) is 27.7 Å². The molecule has 21 heavy (non-hydrogen) atoms. The van der Waals surface area contributed by atoms with Crippen molar-refractivity contribution in [2.45, 2.75) is 6.54 Å². The lowest BCUT2D eigenvalue weighted by Crippen LogP contribution is -2.10. The van der Waals surface area contributed by atoms with E-state index >= 15 is 0 Å². The van der Waals surface area contributed by atoms with Gasteiger partial charge in [0.1, 0.15) is 18.1 Å². The molecule has 1 aromatic heterocycles. The Morgan fingerprint density at radius 2 is 2.05 bits per heavy atom. The number of hydrogen-bond acceptors (Lipinski definition) is 3. The van der Waals surface area contributed by atoms with Gasteiger partial charge in [0.2, 0.25) is 0 Å². The molecule has 0 spiro atoms. The van der Waals surface area contributed by atoms with Crippen LogP contribution in [0.2, 0.25) is 0 Å². The number of aromatic nitrogens is 2. The summed E-state index contributed by atoms with van der Waals surface area (Å²) in [6.07, 6.45) is 0. The van der Waals surface area contributed by atoms with Gasteiger partial charge in [0.05, 0.1) is 18.1 Å². The fourth-order valence-corrected chi connectivity index (χ4v) is 2.35. The Kier molecular flexibility index (Phi) is 3.31. The van der Waals surface area contributed by atoms with Crippen LogP contribution >= 0.6 is 0 Å². The molecule has 1 heterocycles. The lowest BCUT2D eigenvalue weighted by atomic mass is 10.2. The maximum atomic E-state index is 11.1. The normalized spacial score (nSPS) is 10.7. The van der Waals surface area contributed by atoms with Crippen molar-refractivity contribution in [1.82, 2.24) is 9.55 Å². The van der Waals surface area contributed by atoms with E-state index < -0.39 is 5.97 Å². The summed E-state index contributed by atoms with van der Waals surface area (Å²) >= 11 is 0. The molecule has 0 aliphatic heterocycles. The minimum Gasteiger partial charge on any atom is -0.497 e. The van der Waals surface area contributed by atoms with Crippen molar-refractivity contribution in [3.63, 3.8) is 0 Å². The highest BCUT2D eigenvalue weighted by molar-refractivity contribution is 5.83. The number of nitrogens with zero attached hydrogens (tertiary/aromatic N) is 2. The Labute approximate surface area is 121 Å². The summed E-state index contributed by atoms with van der Waals surface area (Å²) in [7, 11) is 1.60. The fourth-order valence-electron chi connectivity index (χ4n) is 2.35. The van der Waals surface area contributed by atoms with E-state index in [-0.39, 0.29) is 6.54 Å². The number of carbonyl (C=O) groups is 1. The molecule has 0 fully saturated rings. The molecule has 0 amide bonds. The minimum atomic E-state index is -0.901.